The van der Waals surface area contributed by atoms with E-state index in [1.807, 2.05) is 0 Å². The van der Waals surface area contributed by atoms with Gasteiger partial charge in [-0.15, -0.1) is 0 Å². The summed E-state index contributed by atoms with van der Waals surface area (Å²) in [6.07, 6.45) is 115. The van der Waals surface area contributed by atoms with Gasteiger partial charge in [-0.25, -0.2) is 0 Å². The molecule has 0 aliphatic carbocycles. The minimum absolute atomic E-state index is 0.0730. The largest absolute Gasteiger partial charge is 0.462 e. The lowest BCUT2D eigenvalue weighted by atomic mass is 10.0. The standard InChI is InChI=1S/C81H132O5/c1-3-5-7-9-11-13-15-17-19-21-23-25-27-29-31-33-35-36-37-38-39-40-41-42-43-44-46-48-50-52-54-56-58-60-62-64-66-68-70-72-74-76-81(84)86-79(77-82)78-85-80(83)75-73-71-69-67-65-63-61-59-57-55-53-51-49-47-45-34-32-30-28-26-24-22-20-18-16-14-12-10-8-6-4-2/h5-8,11-14,17-20,23-26,29-32,35-36,38-39,41-42,45,47,79,82H,3-4,9-10,15-16,21-22,27-28,33-34,37,40,43-44,46,48-78H2,1-2H3/b7-5-,8-6-,13-11-,14-12-,19-17-,20-18-,25-23-,26-24-,31-29-,32-30-,36-35-,39-38-,42-41-,47-45-. The number of aliphatic hydroxyl groups excluding tert-OH is 1. The van der Waals surface area contributed by atoms with Crippen LogP contribution < -0.4 is 0 Å². The monoisotopic (exact) mass is 1190 g/mol. The fourth-order valence-corrected chi connectivity index (χ4v) is 9.75. The summed E-state index contributed by atoms with van der Waals surface area (Å²) in [5.41, 5.74) is 0. The summed E-state index contributed by atoms with van der Waals surface area (Å²) in [6, 6.07) is 0. The number of hydrogen-bond acceptors (Lipinski definition) is 5. The van der Waals surface area contributed by atoms with Crippen LogP contribution in [0, 0.1) is 0 Å². The molecule has 0 heterocycles. The van der Waals surface area contributed by atoms with Crippen LogP contribution in [0.15, 0.2) is 170 Å². The van der Waals surface area contributed by atoms with E-state index in [9.17, 15) is 14.7 Å². The number of carbonyl (C=O) groups excluding carboxylic acids is 2. The first-order chi connectivity index (χ1) is 42.6. The van der Waals surface area contributed by atoms with Crippen LogP contribution in [0.2, 0.25) is 0 Å². The highest BCUT2D eigenvalue weighted by Crippen LogP contribution is 2.17. The first kappa shape index (κ1) is 81.3. The van der Waals surface area contributed by atoms with Gasteiger partial charge in [-0.05, 0) is 128 Å². The molecule has 0 aliphatic heterocycles. The second-order valence-corrected chi connectivity index (χ2v) is 23.2. The van der Waals surface area contributed by atoms with Gasteiger partial charge in [-0.3, -0.25) is 9.59 Å². The third kappa shape index (κ3) is 71.7. The number of rotatable bonds is 64. The molecule has 1 unspecified atom stereocenters. The Kier molecular flexibility index (Phi) is 70.4. The van der Waals surface area contributed by atoms with E-state index in [0.29, 0.717) is 12.8 Å². The minimum atomic E-state index is -0.784. The number of hydrogen-bond donors (Lipinski definition) is 1. The molecule has 0 aliphatic rings. The molecule has 0 rings (SSSR count). The van der Waals surface area contributed by atoms with Crippen molar-refractivity contribution in [1.82, 2.24) is 0 Å². The number of carbonyl (C=O) groups is 2. The first-order valence-corrected chi connectivity index (χ1v) is 35.7. The minimum Gasteiger partial charge on any atom is -0.462 e. The topological polar surface area (TPSA) is 72.8 Å². The highest BCUT2D eigenvalue weighted by atomic mass is 16.6. The summed E-state index contributed by atoms with van der Waals surface area (Å²) in [4.78, 5) is 24.7. The molecule has 0 radical (unpaired) electrons. The molecule has 0 saturated heterocycles. The molecule has 0 aromatic heterocycles. The lowest BCUT2D eigenvalue weighted by molar-refractivity contribution is -0.161. The SMILES string of the molecule is CC/C=C\C/C=C\C/C=C\C/C=C\C/C=C\C/C=C\C/C=C\C/C=C\CCCCCCCCCCCCCCCCCCC(=O)OC(CO)COC(=O)CCCCCCCCCCCCCC/C=C\C/C=C\C/C=C\C/C=C\C/C=C\C/C=C\CC. The van der Waals surface area contributed by atoms with Crippen LogP contribution in [-0.4, -0.2) is 36.4 Å². The van der Waals surface area contributed by atoms with Crippen LogP contribution in [0.25, 0.3) is 0 Å². The van der Waals surface area contributed by atoms with Gasteiger partial charge < -0.3 is 14.6 Å². The third-order valence-electron chi connectivity index (χ3n) is 15.0. The van der Waals surface area contributed by atoms with Crippen molar-refractivity contribution in [1.29, 1.82) is 0 Å². The summed E-state index contributed by atoms with van der Waals surface area (Å²) >= 11 is 0. The molecule has 0 amide bonds. The molecule has 0 aromatic carbocycles. The van der Waals surface area contributed by atoms with Crippen LogP contribution in [-0.2, 0) is 19.1 Å². The second-order valence-electron chi connectivity index (χ2n) is 23.2. The zero-order chi connectivity index (χ0) is 61.9. The van der Waals surface area contributed by atoms with Gasteiger partial charge in [-0.2, -0.15) is 0 Å². The van der Waals surface area contributed by atoms with Crippen LogP contribution in [0.4, 0.5) is 0 Å². The maximum Gasteiger partial charge on any atom is 0.306 e. The van der Waals surface area contributed by atoms with E-state index in [1.54, 1.807) is 0 Å². The first-order valence-electron chi connectivity index (χ1n) is 35.7. The average molecular weight is 1190 g/mol. The molecule has 0 spiro atoms. The maximum atomic E-state index is 12.4. The Morgan fingerprint density at radius 2 is 0.465 bits per heavy atom. The molecule has 1 atom stereocenters. The Morgan fingerprint density at radius 1 is 0.267 bits per heavy atom. The predicted molar refractivity (Wildman–Crippen MR) is 380 cm³/mol. The fourth-order valence-electron chi connectivity index (χ4n) is 9.75. The van der Waals surface area contributed by atoms with Gasteiger partial charge in [0.1, 0.15) is 6.61 Å². The van der Waals surface area contributed by atoms with Crippen molar-refractivity contribution in [3.8, 4) is 0 Å². The van der Waals surface area contributed by atoms with Crippen molar-refractivity contribution in [2.45, 2.75) is 315 Å². The van der Waals surface area contributed by atoms with E-state index in [0.717, 1.165) is 128 Å². The molecule has 5 heteroatoms. The molecular formula is C81H132O5. The van der Waals surface area contributed by atoms with Gasteiger partial charge >= 0.3 is 11.9 Å². The van der Waals surface area contributed by atoms with Crippen molar-refractivity contribution in [3.63, 3.8) is 0 Å². The Balaban J connectivity index is 3.51. The molecular weight excluding hydrogens is 1050 g/mol. The maximum absolute atomic E-state index is 12.4. The van der Waals surface area contributed by atoms with Gasteiger partial charge in [0.15, 0.2) is 6.10 Å². The van der Waals surface area contributed by atoms with Gasteiger partial charge in [0.25, 0.3) is 0 Å². The number of esters is 2. The molecule has 86 heavy (non-hydrogen) atoms. The Morgan fingerprint density at radius 3 is 0.698 bits per heavy atom. The zero-order valence-corrected chi connectivity index (χ0v) is 55.8. The summed E-state index contributed by atoms with van der Waals surface area (Å²) < 4.78 is 10.8. The number of unbranched alkanes of at least 4 members (excludes halogenated alkanes) is 28. The van der Waals surface area contributed by atoms with E-state index < -0.39 is 6.10 Å². The normalized spacial score (nSPS) is 13.3. The number of allylic oxidation sites excluding steroid dienone is 28. The molecule has 0 bridgehead atoms. The quantitative estimate of drug-likeness (QED) is 0.0373. The Labute approximate surface area is 532 Å². The summed E-state index contributed by atoms with van der Waals surface area (Å²) in [5.74, 6) is -0.592. The van der Waals surface area contributed by atoms with Gasteiger partial charge in [0.05, 0.1) is 6.61 Å². The van der Waals surface area contributed by atoms with E-state index in [2.05, 4.69) is 184 Å². The highest BCUT2D eigenvalue weighted by Gasteiger charge is 2.16. The lowest BCUT2D eigenvalue weighted by Crippen LogP contribution is -2.28. The van der Waals surface area contributed by atoms with Crippen molar-refractivity contribution in [3.05, 3.63) is 170 Å². The summed E-state index contributed by atoms with van der Waals surface area (Å²) in [5, 5.41) is 9.71. The Bertz CT molecular complexity index is 1870. The average Bonchev–Trinajstić information content (AvgIpc) is 3.54. The van der Waals surface area contributed by atoms with Gasteiger partial charge in [-0.1, -0.05) is 338 Å². The van der Waals surface area contributed by atoms with Crippen molar-refractivity contribution in [2.75, 3.05) is 13.2 Å². The number of aliphatic hydroxyl groups is 1. The van der Waals surface area contributed by atoms with Crippen LogP contribution in [0.3, 0.4) is 0 Å². The van der Waals surface area contributed by atoms with Crippen molar-refractivity contribution < 1.29 is 24.2 Å². The van der Waals surface area contributed by atoms with Gasteiger partial charge in [0.2, 0.25) is 0 Å². The smallest absolute Gasteiger partial charge is 0.306 e. The second kappa shape index (κ2) is 74.5. The zero-order valence-electron chi connectivity index (χ0n) is 55.8. The Hall–Kier alpha value is -4.74. The molecule has 0 fully saturated rings. The van der Waals surface area contributed by atoms with Crippen molar-refractivity contribution in [2.24, 2.45) is 0 Å². The highest BCUT2D eigenvalue weighted by molar-refractivity contribution is 5.70. The molecule has 1 N–H and O–H groups in total. The van der Waals surface area contributed by atoms with Crippen LogP contribution in [0.5, 0.6) is 0 Å². The fraction of sp³-hybridized carbons (Fsp3) is 0.630. The molecule has 0 saturated carbocycles. The summed E-state index contributed by atoms with van der Waals surface area (Å²) in [7, 11) is 0. The van der Waals surface area contributed by atoms with Crippen molar-refractivity contribution >= 4 is 11.9 Å². The third-order valence-corrected chi connectivity index (χ3v) is 15.0. The van der Waals surface area contributed by atoms with E-state index in [1.165, 1.54) is 154 Å². The van der Waals surface area contributed by atoms with Crippen LogP contribution in [0.1, 0.15) is 309 Å². The lowest BCUT2D eigenvalue weighted by Gasteiger charge is -2.15. The van der Waals surface area contributed by atoms with E-state index in [4.69, 9.17) is 9.47 Å². The van der Waals surface area contributed by atoms with E-state index in [-0.39, 0.29) is 25.2 Å². The van der Waals surface area contributed by atoms with Crippen LogP contribution >= 0.6 is 0 Å². The number of ether oxygens (including phenoxy) is 2. The summed E-state index contributed by atoms with van der Waals surface area (Å²) in [6.45, 7) is 3.92. The molecule has 486 valence electrons. The predicted octanol–water partition coefficient (Wildman–Crippen LogP) is 25.2. The van der Waals surface area contributed by atoms with E-state index >= 15 is 0 Å². The molecule has 0 aromatic rings. The van der Waals surface area contributed by atoms with Gasteiger partial charge in [0, 0.05) is 12.8 Å². The molecule has 5 nitrogen and oxygen atoms in total.